The molecule has 3 aliphatic carbocycles. The number of hydrogen-bond acceptors (Lipinski definition) is 6. The first-order valence-corrected chi connectivity index (χ1v) is 11.8. The molecule has 2 aromatic carbocycles. The number of aryl methyl sites for hydroxylation is 1. The van der Waals surface area contributed by atoms with Gasteiger partial charge in [0.25, 0.3) is 15.9 Å². The molecule has 1 aromatic heterocycles. The van der Waals surface area contributed by atoms with Crippen molar-refractivity contribution in [2.75, 3.05) is 4.72 Å². The molecule has 0 radical (unpaired) electrons. The fraction of sp³-hybridized carbons (Fsp3) is 0.333. The van der Waals surface area contributed by atoms with Crippen molar-refractivity contribution >= 4 is 21.6 Å². The lowest BCUT2D eigenvalue weighted by Gasteiger charge is -2.70. The number of amides is 1. The predicted molar refractivity (Wildman–Crippen MR) is 114 cm³/mol. The summed E-state index contributed by atoms with van der Waals surface area (Å²) < 4.78 is 67.7. The first-order chi connectivity index (χ1) is 15.9. The molecule has 3 fully saturated rings. The van der Waals surface area contributed by atoms with Gasteiger partial charge in [0.1, 0.15) is 0 Å². The summed E-state index contributed by atoms with van der Waals surface area (Å²) in [7, 11) is -4.07. The number of benzene rings is 2. The van der Waals surface area contributed by atoms with Crippen LogP contribution in [0.4, 0.5) is 18.9 Å². The summed E-state index contributed by atoms with van der Waals surface area (Å²) in [5, 5.41) is 16.1. The quantitative estimate of drug-likeness (QED) is 0.485. The van der Waals surface area contributed by atoms with Crippen LogP contribution in [0.25, 0.3) is 11.4 Å². The van der Waals surface area contributed by atoms with Gasteiger partial charge >= 0.3 is 6.18 Å². The van der Waals surface area contributed by atoms with Gasteiger partial charge in [-0.2, -0.15) is 18.4 Å². The fourth-order valence-electron chi connectivity index (χ4n) is 4.74. The maximum absolute atomic E-state index is 13.1. The number of nitrogens with zero attached hydrogens (tertiary/aromatic N) is 3. The number of carbonyl (C=O) groups is 1. The zero-order valence-electron chi connectivity index (χ0n) is 17.8. The molecule has 9 nitrogen and oxygen atoms in total. The Morgan fingerprint density at radius 1 is 1.09 bits per heavy atom. The topological polar surface area (TPSA) is 130 Å². The van der Waals surface area contributed by atoms with E-state index < -0.39 is 33.1 Å². The van der Waals surface area contributed by atoms with Gasteiger partial charge in [0.15, 0.2) is 0 Å². The molecule has 3 saturated carbocycles. The average molecular weight is 492 g/mol. The summed E-state index contributed by atoms with van der Waals surface area (Å²) in [5.41, 5.74) is -1.27. The standard InChI is InChI=1S/C21H19F3N6O3S/c1-12-2-7-15(18(31)25-20-9-19(10-20,11-20)21(22,23)24)16(8-12)28-34(32,33)14-5-3-13(4-6-14)17-26-29-30-27-17/h2-8,28H,9-11H2,1H3,(H,25,31)(H,26,27,29,30). The molecule has 1 amide bonds. The number of alkyl halides is 3. The second kappa shape index (κ2) is 7.26. The second-order valence-electron chi connectivity index (χ2n) is 8.96. The van der Waals surface area contributed by atoms with Crippen LogP contribution in [0.3, 0.4) is 0 Å². The summed E-state index contributed by atoms with van der Waals surface area (Å²) in [6, 6.07) is 10.3. The molecule has 13 heteroatoms. The van der Waals surface area contributed by atoms with Crippen molar-refractivity contribution in [2.45, 2.75) is 42.8 Å². The van der Waals surface area contributed by atoms with Crippen LogP contribution in [-0.2, 0) is 10.0 Å². The van der Waals surface area contributed by atoms with Crippen LogP contribution in [0.1, 0.15) is 35.2 Å². The van der Waals surface area contributed by atoms with Crippen LogP contribution in [-0.4, -0.2) is 46.7 Å². The number of rotatable bonds is 6. The maximum Gasteiger partial charge on any atom is 0.394 e. The SMILES string of the molecule is Cc1ccc(C(=O)NC23CC(C(F)(F)F)(C2)C3)c(NS(=O)(=O)c2ccc(-c3nn[nH]n3)cc2)c1. The number of aromatic amines is 1. The van der Waals surface area contributed by atoms with Crippen LogP contribution in [0.2, 0.25) is 0 Å². The molecule has 0 spiro atoms. The van der Waals surface area contributed by atoms with Gasteiger partial charge in [-0.05, 0) is 73.4 Å². The van der Waals surface area contributed by atoms with E-state index in [-0.39, 0.29) is 35.4 Å². The third-order valence-electron chi connectivity index (χ3n) is 6.44. The Balaban J connectivity index is 1.34. The highest BCUT2D eigenvalue weighted by Crippen LogP contribution is 2.73. The van der Waals surface area contributed by atoms with Crippen LogP contribution >= 0.6 is 0 Å². The van der Waals surface area contributed by atoms with Gasteiger partial charge < -0.3 is 5.32 Å². The Hall–Kier alpha value is -3.48. The van der Waals surface area contributed by atoms with E-state index in [2.05, 4.69) is 30.7 Å². The lowest BCUT2D eigenvalue weighted by atomic mass is 9.39. The lowest BCUT2D eigenvalue weighted by molar-refractivity contribution is -0.336. The van der Waals surface area contributed by atoms with Crippen molar-refractivity contribution in [3.63, 3.8) is 0 Å². The molecule has 0 saturated heterocycles. The van der Waals surface area contributed by atoms with E-state index in [1.807, 2.05) is 0 Å². The van der Waals surface area contributed by atoms with Crippen molar-refractivity contribution in [1.29, 1.82) is 0 Å². The Labute approximate surface area is 192 Å². The molecule has 3 aliphatic rings. The predicted octanol–water partition coefficient (Wildman–Crippen LogP) is 3.19. The molecular formula is C21H19F3N6O3S. The number of anilines is 1. The number of tetrazole rings is 1. The third-order valence-corrected chi connectivity index (χ3v) is 7.82. The van der Waals surface area contributed by atoms with Crippen LogP contribution < -0.4 is 10.0 Å². The molecule has 3 aromatic rings. The van der Waals surface area contributed by atoms with Gasteiger partial charge in [0, 0.05) is 11.1 Å². The molecule has 0 aliphatic heterocycles. The Kier molecular flexibility index (Phi) is 4.76. The summed E-state index contributed by atoms with van der Waals surface area (Å²) in [5.74, 6) is -0.323. The van der Waals surface area contributed by atoms with E-state index in [0.29, 0.717) is 17.0 Å². The van der Waals surface area contributed by atoms with Crippen molar-refractivity contribution in [3.8, 4) is 11.4 Å². The average Bonchev–Trinajstić information content (AvgIpc) is 3.23. The number of aromatic nitrogens is 4. The van der Waals surface area contributed by atoms with Crippen LogP contribution in [0.5, 0.6) is 0 Å². The number of carbonyl (C=O) groups excluding carboxylic acids is 1. The van der Waals surface area contributed by atoms with Crippen molar-refractivity contribution in [2.24, 2.45) is 5.41 Å². The van der Waals surface area contributed by atoms with Crippen LogP contribution in [0.15, 0.2) is 47.4 Å². The number of hydrogen-bond donors (Lipinski definition) is 3. The lowest BCUT2D eigenvalue weighted by Crippen LogP contribution is -2.78. The van der Waals surface area contributed by atoms with Crippen molar-refractivity contribution < 1.29 is 26.4 Å². The minimum Gasteiger partial charge on any atom is -0.346 e. The molecule has 0 atom stereocenters. The van der Waals surface area contributed by atoms with Gasteiger partial charge in [-0.15, -0.1) is 10.2 Å². The van der Waals surface area contributed by atoms with E-state index in [0.717, 1.165) is 0 Å². The second-order valence-corrected chi connectivity index (χ2v) is 10.6. The van der Waals surface area contributed by atoms with Gasteiger partial charge in [0.05, 0.1) is 21.6 Å². The minimum atomic E-state index is -4.29. The minimum absolute atomic E-state index is 0.0309. The highest BCUT2D eigenvalue weighted by Gasteiger charge is 2.79. The van der Waals surface area contributed by atoms with Gasteiger partial charge in [0.2, 0.25) is 5.82 Å². The van der Waals surface area contributed by atoms with E-state index in [4.69, 9.17) is 0 Å². The van der Waals surface area contributed by atoms with E-state index in [1.165, 1.54) is 36.4 Å². The molecule has 34 heavy (non-hydrogen) atoms. The maximum atomic E-state index is 13.1. The smallest absolute Gasteiger partial charge is 0.346 e. The van der Waals surface area contributed by atoms with E-state index in [9.17, 15) is 26.4 Å². The van der Waals surface area contributed by atoms with Gasteiger partial charge in [-0.1, -0.05) is 6.07 Å². The highest BCUT2D eigenvalue weighted by atomic mass is 32.2. The fourth-order valence-corrected chi connectivity index (χ4v) is 5.81. The first kappa shape index (κ1) is 22.3. The molecule has 1 heterocycles. The van der Waals surface area contributed by atoms with Crippen molar-refractivity contribution in [3.05, 3.63) is 53.6 Å². The van der Waals surface area contributed by atoms with Crippen LogP contribution in [0, 0.1) is 12.3 Å². The van der Waals surface area contributed by atoms with Crippen molar-refractivity contribution in [1.82, 2.24) is 25.9 Å². The summed E-state index contributed by atoms with van der Waals surface area (Å²) in [4.78, 5) is 12.9. The largest absolute Gasteiger partial charge is 0.394 e. The van der Waals surface area contributed by atoms with E-state index in [1.54, 1.807) is 13.0 Å². The number of sulfonamides is 1. The number of nitrogens with one attached hydrogen (secondary N) is 3. The Morgan fingerprint density at radius 2 is 1.76 bits per heavy atom. The van der Waals surface area contributed by atoms with Gasteiger partial charge in [-0.25, -0.2) is 8.42 Å². The highest BCUT2D eigenvalue weighted by molar-refractivity contribution is 7.92. The Bertz CT molecular complexity index is 1350. The van der Waals surface area contributed by atoms with E-state index >= 15 is 0 Å². The Morgan fingerprint density at radius 3 is 2.35 bits per heavy atom. The molecule has 2 bridgehead atoms. The zero-order valence-corrected chi connectivity index (χ0v) is 18.6. The molecule has 6 rings (SSSR count). The first-order valence-electron chi connectivity index (χ1n) is 10.3. The zero-order chi connectivity index (χ0) is 24.4. The summed E-state index contributed by atoms with van der Waals surface area (Å²) in [6.45, 7) is 1.73. The summed E-state index contributed by atoms with van der Waals surface area (Å²) >= 11 is 0. The normalized spacial score (nSPS) is 23.5. The number of halogens is 3. The van der Waals surface area contributed by atoms with Gasteiger partial charge in [-0.3, -0.25) is 9.52 Å². The molecular weight excluding hydrogens is 473 g/mol. The monoisotopic (exact) mass is 492 g/mol. The molecule has 3 N–H and O–H groups in total. The molecule has 0 unspecified atom stereocenters. The number of H-pyrrole nitrogens is 1. The summed E-state index contributed by atoms with van der Waals surface area (Å²) in [6.07, 6.45) is -4.76. The molecule has 178 valence electrons. The third kappa shape index (κ3) is 3.59.